The minimum Gasteiger partial charge on any atom is -0.497 e. The number of hydrogen-bond donors (Lipinski definition) is 1. The summed E-state index contributed by atoms with van der Waals surface area (Å²) in [6.07, 6.45) is 3.38. The molecule has 0 saturated carbocycles. The predicted molar refractivity (Wildman–Crippen MR) is 118 cm³/mol. The topological polar surface area (TPSA) is 62.9 Å². The van der Waals surface area contributed by atoms with Crippen LogP contribution in [0.5, 0.6) is 5.75 Å². The largest absolute Gasteiger partial charge is 0.497 e. The van der Waals surface area contributed by atoms with Gasteiger partial charge in [-0.1, -0.05) is 12.1 Å². The first-order valence-electron chi connectivity index (χ1n) is 9.70. The minimum atomic E-state index is 0.665. The molecule has 0 atom stereocenters. The van der Waals surface area contributed by atoms with Gasteiger partial charge in [0, 0.05) is 31.9 Å². The molecule has 154 valence electrons. The molecular formula is C22H28N4O2S. The standard InChI is InChI=1S/C22H28N4O2S/c1-17-25-19(16-29-17)15-26(2)22(24-13-11-21-5-4-14-28-21)23-12-10-18-6-8-20(27-3)9-7-18/h4-9,14,16H,10-13,15H2,1-3H3,(H,23,24). The normalized spacial score (nSPS) is 11.5. The molecule has 0 aliphatic heterocycles. The number of thiazole rings is 1. The molecule has 0 radical (unpaired) electrons. The summed E-state index contributed by atoms with van der Waals surface area (Å²) in [5.41, 5.74) is 2.32. The number of nitrogens with zero attached hydrogens (tertiary/aromatic N) is 3. The molecule has 0 unspecified atom stereocenters. The molecular weight excluding hydrogens is 384 g/mol. The third-order valence-electron chi connectivity index (χ3n) is 4.48. The summed E-state index contributed by atoms with van der Waals surface area (Å²) in [6.45, 7) is 4.21. The van der Waals surface area contributed by atoms with Crippen molar-refractivity contribution in [1.29, 1.82) is 0 Å². The first-order valence-corrected chi connectivity index (χ1v) is 10.6. The Labute approximate surface area is 176 Å². The number of benzene rings is 1. The maximum atomic E-state index is 5.41. The molecule has 2 aromatic heterocycles. The van der Waals surface area contributed by atoms with Crippen LogP contribution in [0, 0.1) is 6.92 Å². The second-order valence-corrected chi connectivity index (χ2v) is 7.84. The molecule has 3 aromatic rings. The van der Waals surface area contributed by atoms with Crippen LogP contribution in [0.25, 0.3) is 0 Å². The molecule has 0 saturated heterocycles. The number of aliphatic imine (C=N–C) groups is 1. The second-order valence-electron chi connectivity index (χ2n) is 6.77. The summed E-state index contributed by atoms with van der Waals surface area (Å²) in [5, 5.41) is 6.68. The number of guanidine groups is 1. The van der Waals surface area contributed by atoms with E-state index in [1.165, 1.54) is 5.56 Å². The van der Waals surface area contributed by atoms with Gasteiger partial charge < -0.3 is 19.4 Å². The maximum absolute atomic E-state index is 5.41. The van der Waals surface area contributed by atoms with Crippen molar-refractivity contribution in [1.82, 2.24) is 15.2 Å². The lowest BCUT2D eigenvalue weighted by molar-refractivity contribution is 0.414. The minimum absolute atomic E-state index is 0.665. The second kappa shape index (κ2) is 10.7. The van der Waals surface area contributed by atoms with Crippen molar-refractivity contribution in [2.45, 2.75) is 26.3 Å². The summed E-state index contributed by atoms with van der Waals surface area (Å²) in [6, 6.07) is 12.1. The van der Waals surface area contributed by atoms with Gasteiger partial charge in [0.1, 0.15) is 11.5 Å². The van der Waals surface area contributed by atoms with Gasteiger partial charge in [-0.25, -0.2) is 4.98 Å². The molecule has 0 amide bonds. The summed E-state index contributed by atoms with van der Waals surface area (Å²) in [4.78, 5) is 11.5. The Hall–Kier alpha value is -2.80. The first kappa shape index (κ1) is 20.9. The molecule has 0 aliphatic rings. The zero-order valence-corrected chi connectivity index (χ0v) is 18.0. The molecule has 0 spiro atoms. The number of hydrogen-bond acceptors (Lipinski definition) is 5. The molecule has 1 N–H and O–H groups in total. The number of methoxy groups -OCH3 is 1. The molecule has 29 heavy (non-hydrogen) atoms. The molecule has 1 aromatic carbocycles. The summed E-state index contributed by atoms with van der Waals surface area (Å²) in [7, 11) is 3.72. The Morgan fingerprint density at radius 1 is 1.24 bits per heavy atom. The van der Waals surface area contributed by atoms with E-state index < -0.39 is 0 Å². The Bertz CT molecular complexity index is 888. The number of aryl methyl sites for hydroxylation is 1. The van der Waals surface area contributed by atoms with Gasteiger partial charge in [0.05, 0.1) is 30.6 Å². The van der Waals surface area contributed by atoms with Crippen LogP contribution in [-0.2, 0) is 19.4 Å². The third-order valence-corrected chi connectivity index (χ3v) is 5.31. The van der Waals surface area contributed by atoms with Crippen molar-refractivity contribution in [3.05, 3.63) is 70.1 Å². The van der Waals surface area contributed by atoms with E-state index >= 15 is 0 Å². The quantitative estimate of drug-likeness (QED) is 0.426. The smallest absolute Gasteiger partial charge is 0.194 e. The van der Waals surface area contributed by atoms with Gasteiger partial charge in [-0.05, 0) is 43.2 Å². The van der Waals surface area contributed by atoms with Gasteiger partial charge in [-0.3, -0.25) is 4.99 Å². The zero-order chi connectivity index (χ0) is 20.5. The van der Waals surface area contributed by atoms with E-state index in [1.807, 2.05) is 38.2 Å². The Morgan fingerprint density at radius 2 is 2.07 bits per heavy atom. The van der Waals surface area contributed by atoms with Gasteiger partial charge in [0.15, 0.2) is 5.96 Å². The monoisotopic (exact) mass is 412 g/mol. The molecule has 0 fully saturated rings. The summed E-state index contributed by atoms with van der Waals surface area (Å²) >= 11 is 1.67. The van der Waals surface area contributed by atoms with Crippen LogP contribution >= 0.6 is 11.3 Å². The third kappa shape index (κ3) is 6.64. The number of ether oxygens (including phenoxy) is 1. The summed E-state index contributed by atoms with van der Waals surface area (Å²) in [5.74, 6) is 2.69. The van der Waals surface area contributed by atoms with E-state index in [2.05, 4.69) is 32.7 Å². The van der Waals surface area contributed by atoms with Crippen molar-refractivity contribution in [2.75, 3.05) is 27.2 Å². The van der Waals surface area contributed by atoms with E-state index in [-0.39, 0.29) is 0 Å². The van der Waals surface area contributed by atoms with E-state index in [9.17, 15) is 0 Å². The highest BCUT2D eigenvalue weighted by Crippen LogP contribution is 2.12. The highest BCUT2D eigenvalue weighted by atomic mass is 32.1. The lowest BCUT2D eigenvalue weighted by atomic mass is 10.1. The molecule has 0 bridgehead atoms. The van der Waals surface area contributed by atoms with Crippen LogP contribution in [-0.4, -0.2) is 43.1 Å². The molecule has 0 aliphatic carbocycles. The van der Waals surface area contributed by atoms with Crippen LogP contribution in [0.2, 0.25) is 0 Å². The number of furan rings is 1. The van der Waals surface area contributed by atoms with E-state index in [4.69, 9.17) is 14.1 Å². The summed E-state index contributed by atoms with van der Waals surface area (Å²) < 4.78 is 10.6. The fraction of sp³-hybridized carbons (Fsp3) is 0.364. The fourth-order valence-electron chi connectivity index (χ4n) is 2.95. The number of rotatable bonds is 9. The lowest BCUT2D eigenvalue weighted by Crippen LogP contribution is -2.39. The number of aromatic nitrogens is 1. The fourth-order valence-corrected chi connectivity index (χ4v) is 3.55. The van der Waals surface area contributed by atoms with Gasteiger partial charge in [-0.2, -0.15) is 0 Å². The van der Waals surface area contributed by atoms with E-state index in [0.717, 1.165) is 54.1 Å². The van der Waals surface area contributed by atoms with Gasteiger partial charge in [-0.15, -0.1) is 11.3 Å². The highest BCUT2D eigenvalue weighted by Gasteiger charge is 2.09. The van der Waals surface area contributed by atoms with E-state index in [0.29, 0.717) is 6.54 Å². The number of nitrogens with one attached hydrogen (secondary N) is 1. The SMILES string of the molecule is COc1ccc(CCNC(=NCCc2ccco2)N(C)Cc2csc(C)n2)cc1. The van der Waals surface area contributed by atoms with Crippen LogP contribution in [0.1, 0.15) is 22.0 Å². The van der Waals surface area contributed by atoms with Crippen molar-refractivity contribution in [2.24, 2.45) is 4.99 Å². The van der Waals surface area contributed by atoms with E-state index in [1.54, 1.807) is 24.7 Å². The van der Waals surface area contributed by atoms with Crippen molar-refractivity contribution in [3.8, 4) is 5.75 Å². The van der Waals surface area contributed by atoms with Crippen LogP contribution in [0.15, 0.2) is 57.5 Å². The Morgan fingerprint density at radius 3 is 2.72 bits per heavy atom. The van der Waals surface area contributed by atoms with Crippen LogP contribution in [0.3, 0.4) is 0 Å². The van der Waals surface area contributed by atoms with Crippen molar-refractivity contribution >= 4 is 17.3 Å². The molecule has 3 rings (SSSR count). The lowest BCUT2D eigenvalue weighted by Gasteiger charge is -2.22. The Balaban J connectivity index is 1.58. The van der Waals surface area contributed by atoms with Gasteiger partial charge in [0.25, 0.3) is 0 Å². The Kier molecular flexibility index (Phi) is 7.69. The maximum Gasteiger partial charge on any atom is 0.194 e. The molecule has 6 nitrogen and oxygen atoms in total. The van der Waals surface area contributed by atoms with Gasteiger partial charge >= 0.3 is 0 Å². The van der Waals surface area contributed by atoms with Crippen LogP contribution < -0.4 is 10.1 Å². The average Bonchev–Trinajstić information content (AvgIpc) is 3.39. The average molecular weight is 413 g/mol. The first-order chi connectivity index (χ1) is 14.1. The van der Waals surface area contributed by atoms with Crippen molar-refractivity contribution in [3.63, 3.8) is 0 Å². The highest BCUT2D eigenvalue weighted by molar-refractivity contribution is 7.09. The molecule has 7 heteroatoms. The predicted octanol–water partition coefficient (Wildman–Crippen LogP) is 3.92. The molecule has 2 heterocycles. The zero-order valence-electron chi connectivity index (χ0n) is 17.2. The van der Waals surface area contributed by atoms with Crippen molar-refractivity contribution < 1.29 is 9.15 Å². The van der Waals surface area contributed by atoms with Gasteiger partial charge in [0.2, 0.25) is 0 Å². The van der Waals surface area contributed by atoms with Crippen LogP contribution in [0.4, 0.5) is 0 Å².